The molecule has 0 aromatic rings. The Labute approximate surface area is 87.6 Å². The first kappa shape index (κ1) is 13.5. The van der Waals surface area contributed by atoms with E-state index in [0.29, 0.717) is 12.8 Å². The van der Waals surface area contributed by atoms with Crippen LogP contribution in [0.1, 0.15) is 25.7 Å². The van der Waals surface area contributed by atoms with Crippen molar-refractivity contribution in [3.63, 3.8) is 0 Å². The van der Waals surface area contributed by atoms with Crippen LogP contribution in [-0.4, -0.2) is 11.1 Å². The maximum Gasteiger partial charge on any atom is 0.328 e. The van der Waals surface area contributed by atoms with Crippen molar-refractivity contribution < 1.29 is 18.7 Å². The zero-order valence-corrected chi connectivity index (χ0v) is 8.33. The van der Waals surface area contributed by atoms with Gasteiger partial charge in [0.05, 0.1) is 0 Å². The third kappa shape index (κ3) is 12.5. The lowest BCUT2D eigenvalue weighted by atomic mass is 10.2. The first-order valence-electron chi connectivity index (χ1n) is 4.70. The number of aliphatic carboxylic acids is 1. The molecule has 0 aliphatic rings. The van der Waals surface area contributed by atoms with Gasteiger partial charge in [0.1, 0.15) is 0 Å². The standard InChI is InChI=1S/C11H14F2O2/c12-10(13)8-6-4-2-1-3-5-7-9-11(14)15/h3,5,7-9H,1-2,4,6H2,(H,14,15)/b5-3+,9-7+. The van der Waals surface area contributed by atoms with E-state index in [0.717, 1.165) is 25.0 Å². The fourth-order valence-electron chi connectivity index (χ4n) is 0.930. The van der Waals surface area contributed by atoms with Crippen LogP contribution in [0.25, 0.3) is 0 Å². The molecule has 0 amide bonds. The highest BCUT2D eigenvalue weighted by molar-refractivity contribution is 5.80. The number of carboxylic acid groups (broad SMARTS) is 1. The molecule has 0 heterocycles. The molecule has 0 bridgehead atoms. The Balaban J connectivity index is 3.39. The molecule has 0 saturated carbocycles. The molecule has 0 atom stereocenters. The number of unbranched alkanes of at least 4 members (excludes halogenated alkanes) is 3. The average molecular weight is 216 g/mol. The predicted octanol–water partition coefficient (Wildman–Crippen LogP) is 3.52. The molecule has 2 nitrogen and oxygen atoms in total. The molecule has 0 aromatic carbocycles. The smallest absolute Gasteiger partial charge is 0.328 e. The van der Waals surface area contributed by atoms with Gasteiger partial charge in [0.15, 0.2) is 0 Å². The number of allylic oxidation sites excluding steroid dienone is 4. The maximum atomic E-state index is 11.6. The van der Waals surface area contributed by atoms with Crippen LogP contribution in [0.3, 0.4) is 0 Å². The summed E-state index contributed by atoms with van der Waals surface area (Å²) in [5.74, 6) is -0.983. The van der Waals surface area contributed by atoms with Gasteiger partial charge in [-0.05, 0) is 31.8 Å². The van der Waals surface area contributed by atoms with E-state index < -0.39 is 12.0 Å². The zero-order valence-electron chi connectivity index (χ0n) is 8.33. The van der Waals surface area contributed by atoms with Crippen molar-refractivity contribution in [1.29, 1.82) is 0 Å². The molecule has 4 heteroatoms. The van der Waals surface area contributed by atoms with Gasteiger partial charge in [0, 0.05) is 6.08 Å². The summed E-state index contributed by atoms with van der Waals surface area (Å²) in [7, 11) is 0. The first-order chi connectivity index (χ1) is 7.13. The third-order valence-electron chi connectivity index (χ3n) is 1.61. The topological polar surface area (TPSA) is 37.3 Å². The van der Waals surface area contributed by atoms with Crippen molar-refractivity contribution >= 4 is 5.97 Å². The Kier molecular flexibility index (Phi) is 8.24. The van der Waals surface area contributed by atoms with E-state index >= 15 is 0 Å². The molecule has 0 fully saturated rings. The summed E-state index contributed by atoms with van der Waals surface area (Å²) in [6.07, 6.45) is 7.90. The summed E-state index contributed by atoms with van der Waals surface area (Å²) in [5, 5.41) is 8.24. The SMILES string of the molecule is O=C(O)/C=C/C=C/CCCCC=C(F)F. The highest BCUT2D eigenvalue weighted by Crippen LogP contribution is 2.05. The van der Waals surface area contributed by atoms with Crippen LogP contribution in [0.4, 0.5) is 8.78 Å². The molecule has 0 radical (unpaired) electrons. The van der Waals surface area contributed by atoms with Crippen LogP contribution in [0.2, 0.25) is 0 Å². The highest BCUT2D eigenvalue weighted by atomic mass is 19.3. The molecular weight excluding hydrogens is 202 g/mol. The van der Waals surface area contributed by atoms with E-state index in [1.165, 1.54) is 6.08 Å². The molecular formula is C11H14F2O2. The Morgan fingerprint density at radius 3 is 2.40 bits per heavy atom. The second-order valence-electron chi connectivity index (χ2n) is 2.90. The zero-order chi connectivity index (χ0) is 11.5. The number of hydrogen-bond donors (Lipinski definition) is 1. The summed E-state index contributed by atoms with van der Waals surface area (Å²) < 4.78 is 23.1. The quantitative estimate of drug-likeness (QED) is 0.401. The highest BCUT2D eigenvalue weighted by Gasteiger charge is 1.88. The molecule has 84 valence electrons. The number of carbonyl (C=O) groups is 1. The Hall–Kier alpha value is -1.45. The first-order valence-corrected chi connectivity index (χ1v) is 4.70. The summed E-state index contributed by atoms with van der Waals surface area (Å²) in [6.45, 7) is 0. The van der Waals surface area contributed by atoms with E-state index in [9.17, 15) is 13.6 Å². The van der Waals surface area contributed by atoms with E-state index in [1.54, 1.807) is 6.08 Å². The monoisotopic (exact) mass is 216 g/mol. The van der Waals surface area contributed by atoms with Crippen molar-refractivity contribution in [2.24, 2.45) is 0 Å². The van der Waals surface area contributed by atoms with Crippen LogP contribution < -0.4 is 0 Å². The molecule has 0 unspecified atom stereocenters. The fraction of sp³-hybridized carbons (Fsp3) is 0.364. The van der Waals surface area contributed by atoms with E-state index in [-0.39, 0.29) is 0 Å². The fourth-order valence-corrected chi connectivity index (χ4v) is 0.930. The minimum absolute atomic E-state index is 0.390. The molecule has 0 aliphatic heterocycles. The van der Waals surface area contributed by atoms with Gasteiger partial charge in [-0.1, -0.05) is 18.2 Å². The summed E-state index contributed by atoms with van der Waals surface area (Å²) in [6, 6.07) is 0. The second kappa shape index (κ2) is 9.12. The van der Waals surface area contributed by atoms with Crippen LogP contribution in [0, 0.1) is 0 Å². The number of halogens is 2. The molecule has 0 rings (SSSR count). The summed E-state index contributed by atoms with van der Waals surface area (Å²) in [4.78, 5) is 10.0. The van der Waals surface area contributed by atoms with Crippen LogP contribution >= 0.6 is 0 Å². The molecule has 1 N–H and O–H groups in total. The predicted molar refractivity (Wildman–Crippen MR) is 54.7 cm³/mol. The lowest BCUT2D eigenvalue weighted by molar-refractivity contribution is -0.131. The molecule has 0 spiro atoms. The summed E-state index contributed by atoms with van der Waals surface area (Å²) >= 11 is 0. The molecule has 0 aromatic heterocycles. The van der Waals surface area contributed by atoms with Gasteiger partial charge in [-0.2, -0.15) is 8.78 Å². The lowest BCUT2D eigenvalue weighted by Gasteiger charge is -1.91. The average Bonchev–Trinajstić information content (AvgIpc) is 2.14. The molecule has 15 heavy (non-hydrogen) atoms. The van der Waals surface area contributed by atoms with Gasteiger partial charge in [-0.15, -0.1) is 0 Å². The van der Waals surface area contributed by atoms with Crippen molar-refractivity contribution in [2.75, 3.05) is 0 Å². The van der Waals surface area contributed by atoms with Crippen molar-refractivity contribution in [3.8, 4) is 0 Å². The lowest BCUT2D eigenvalue weighted by Crippen LogP contribution is -1.84. The number of rotatable bonds is 7. The van der Waals surface area contributed by atoms with Gasteiger partial charge in [0.25, 0.3) is 6.08 Å². The number of hydrogen-bond acceptors (Lipinski definition) is 1. The Morgan fingerprint density at radius 1 is 1.13 bits per heavy atom. The van der Waals surface area contributed by atoms with E-state index in [1.807, 2.05) is 6.08 Å². The third-order valence-corrected chi connectivity index (χ3v) is 1.61. The van der Waals surface area contributed by atoms with Gasteiger partial charge >= 0.3 is 5.97 Å². The molecule has 0 aliphatic carbocycles. The van der Waals surface area contributed by atoms with Gasteiger partial charge < -0.3 is 5.11 Å². The summed E-state index contributed by atoms with van der Waals surface area (Å²) in [5.41, 5.74) is 0. The van der Waals surface area contributed by atoms with Crippen LogP contribution in [0.5, 0.6) is 0 Å². The van der Waals surface area contributed by atoms with Crippen molar-refractivity contribution in [2.45, 2.75) is 25.7 Å². The van der Waals surface area contributed by atoms with Crippen molar-refractivity contribution in [3.05, 3.63) is 36.5 Å². The van der Waals surface area contributed by atoms with Gasteiger partial charge in [0.2, 0.25) is 0 Å². The van der Waals surface area contributed by atoms with Gasteiger partial charge in [-0.25, -0.2) is 4.79 Å². The largest absolute Gasteiger partial charge is 0.478 e. The Morgan fingerprint density at radius 2 is 1.80 bits per heavy atom. The van der Waals surface area contributed by atoms with Crippen molar-refractivity contribution in [1.82, 2.24) is 0 Å². The minimum Gasteiger partial charge on any atom is -0.478 e. The normalized spacial score (nSPS) is 11.1. The van der Waals surface area contributed by atoms with Gasteiger partial charge in [-0.3, -0.25) is 0 Å². The maximum absolute atomic E-state index is 11.6. The van der Waals surface area contributed by atoms with E-state index in [2.05, 4.69) is 0 Å². The van der Waals surface area contributed by atoms with Crippen LogP contribution in [-0.2, 0) is 4.79 Å². The molecule has 0 saturated heterocycles. The minimum atomic E-state index is -1.63. The Bertz CT molecular complexity index is 264. The second-order valence-corrected chi connectivity index (χ2v) is 2.90. The van der Waals surface area contributed by atoms with E-state index in [4.69, 9.17) is 5.11 Å². The van der Waals surface area contributed by atoms with Crippen LogP contribution in [0.15, 0.2) is 36.5 Å². The number of carboxylic acids is 1.